The van der Waals surface area contributed by atoms with Gasteiger partial charge in [-0.15, -0.1) is 11.3 Å². The molecule has 6 heteroatoms. The number of fused-ring (bicyclic) bond motifs is 1. The lowest BCUT2D eigenvalue weighted by Gasteiger charge is -2.09. The van der Waals surface area contributed by atoms with Crippen molar-refractivity contribution in [2.45, 2.75) is 6.54 Å². The van der Waals surface area contributed by atoms with Gasteiger partial charge in [-0.05, 0) is 29.1 Å². The number of ether oxygens (including phenoxy) is 1. The van der Waals surface area contributed by atoms with Crippen LogP contribution in [-0.2, 0) is 6.54 Å². The number of benzene rings is 1. The van der Waals surface area contributed by atoms with Gasteiger partial charge in [-0.2, -0.15) is 4.98 Å². The zero-order valence-corrected chi connectivity index (χ0v) is 12.7. The Morgan fingerprint density at radius 2 is 2.14 bits per heavy atom. The fraction of sp³-hybridized carbons (Fsp3) is 0.200. The first-order chi connectivity index (χ1) is 10.3. The Hall–Kier alpha value is -2.34. The number of thiophene rings is 1. The van der Waals surface area contributed by atoms with Gasteiger partial charge >= 0.3 is 0 Å². The number of nitrogens with one attached hydrogen (secondary N) is 2. The van der Waals surface area contributed by atoms with E-state index in [4.69, 9.17) is 4.74 Å². The van der Waals surface area contributed by atoms with Crippen LogP contribution in [0.1, 0.15) is 5.56 Å². The van der Waals surface area contributed by atoms with E-state index in [1.807, 2.05) is 36.7 Å². The molecule has 5 nitrogen and oxygen atoms in total. The Kier molecular flexibility index (Phi) is 3.87. The summed E-state index contributed by atoms with van der Waals surface area (Å²) < 4.78 is 5.24. The first-order valence-corrected chi connectivity index (χ1v) is 7.48. The van der Waals surface area contributed by atoms with Crippen LogP contribution in [0.2, 0.25) is 0 Å². The summed E-state index contributed by atoms with van der Waals surface area (Å²) >= 11 is 1.61. The van der Waals surface area contributed by atoms with Crippen LogP contribution >= 0.6 is 11.3 Å². The van der Waals surface area contributed by atoms with Crippen molar-refractivity contribution in [1.29, 1.82) is 0 Å². The highest BCUT2D eigenvalue weighted by atomic mass is 32.1. The van der Waals surface area contributed by atoms with Crippen molar-refractivity contribution in [3.8, 4) is 5.75 Å². The summed E-state index contributed by atoms with van der Waals surface area (Å²) in [5.41, 5.74) is 1.14. The van der Waals surface area contributed by atoms with E-state index in [0.29, 0.717) is 12.5 Å². The average Bonchev–Trinajstić information content (AvgIpc) is 3.01. The lowest BCUT2D eigenvalue weighted by Crippen LogP contribution is -2.05. The second-order valence-corrected chi connectivity index (χ2v) is 5.38. The van der Waals surface area contributed by atoms with E-state index >= 15 is 0 Å². The summed E-state index contributed by atoms with van der Waals surface area (Å²) in [5.74, 6) is 2.32. The summed E-state index contributed by atoms with van der Waals surface area (Å²) in [6, 6.07) is 10.0. The molecular weight excluding hydrogens is 284 g/mol. The molecular formula is C15H16N4OS. The molecule has 0 spiro atoms. The molecule has 0 aliphatic carbocycles. The second kappa shape index (κ2) is 5.97. The predicted molar refractivity (Wildman–Crippen MR) is 87.3 cm³/mol. The molecule has 1 aromatic carbocycles. The quantitative estimate of drug-likeness (QED) is 0.756. The van der Waals surface area contributed by atoms with E-state index in [9.17, 15) is 0 Å². The van der Waals surface area contributed by atoms with Gasteiger partial charge < -0.3 is 15.4 Å². The smallest absolute Gasteiger partial charge is 0.225 e. The molecule has 3 aromatic rings. The van der Waals surface area contributed by atoms with E-state index in [2.05, 4.69) is 26.7 Å². The third kappa shape index (κ3) is 2.90. The lowest BCUT2D eigenvalue weighted by atomic mass is 10.2. The molecule has 0 bridgehead atoms. The Labute approximate surface area is 127 Å². The number of methoxy groups -OCH3 is 1. The van der Waals surface area contributed by atoms with Crippen molar-refractivity contribution in [2.75, 3.05) is 24.8 Å². The Morgan fingerprint density at radius 1 is 1.24 bits per heavy atom. The monoisotopic (exact) mass is 300 g/mol. The van der Waals surface area contributed by atoms with Gasteiger partial charge in [0, 0.05) is 13.6 Å². The fourth-order valence-electron chi connectivity index (χ4n) is 2.07. The topological polar surface area (TPSA) is 59.1 Å². The molecule has 21 heavy (non-hydrogen) atoms. The molecule has 0 saturated heterocycles. The first kappa shape index (κ1) is 13.6. The van der Waals surface area contributed by atoms with E-state index < -0.39 is 0 Å². The molecule has 0 unspecified atom stereocenters. The highest BCUT2D eigenvalue weighted by molar-refractivity contribution is 7.16. The average molecular weight is 300 g/mol. The SMILES string of the molecule is CNc1nc(NCc2cccc(OC)c2)c2ccsc2n1. The maximum atomic E-state index is 5.24. The maximum absolute atomic E-state index is 5.24. The molecule has 3 rings (SSSR count). The summed E-state index contributed by atoms with van der Waals surface area (Å²) in [4.78, 5) is 9.90. The first-order valence-electron chi connectivity index (χ1n) is 6.60. The van der Waals surface area contributed by atoms with Gasteiger partial charge in [-0.25, -0.2) is 4.98 Å². The van der Waals surface area contributed by atoms with Crippen molar-refractivity contribution in [1.82, 2.24) is 9.97 Å². The third-order valence-corrected chi connectivity index (χ3v) is 3.95. The van der Waals surface area contributed by atoms with Crippen molar-refractivity contribution in [3.05, 3.63) is 41.3 Å². The maximum Gasteiger partial charge on any atom is 0.225 e. The van der Waals surface area contributed by atoms with Crippen molar-refractivity contribution >= 4 is 33.3 Å². The van der Waals surface area contributed by atoms with E-state index in [1.54, 1.807) is 18.4 Å². The minimum atomic E-state index is 0.623. The van der Waals surface area contributed by atoms with Crippen molar-refractivity contribution in [2.24, 2.45) is 0 Å². The normalized spacial score (nSPS) is 10.6. The lowest BCUT2D eigenvalue weighted by molar-refractivity contribution is 0.414. The molecule has 0 saturated carbocycles. The van der Waals surface area contributed by atoms with Crippen LogP contribution in [0.25, 0.3) is 10.2 Å². The number of rotatable bonds is 5. The molecule has 2 N–H and O–H groups in total. The molecule has 0 aliphatic rings. The third-order valence-electron chi connectivity index (χ3n) is 3.14. The van der Waals surface area contributed by atoms with Gasteiger partial charge in [0.25, 0.3) is 0 Å². The fourth-order valence-corrected chi connectivity index (χ4v) is 2.83. The second-order valence-electron chi connectivity index (χ2n) is 4.49. The Bertz CT molecular complexity index is 756. The van der Waals surface area contributed by atoms with Crippen LogP contribution < -0.4 is 15.4 Å². The number of hydrogen-bond donors (Lipinski definition) is 2. The van der Waals surface area contributed by atoms with Gasteiger partial charge in [0.15, 0.2) is 0 Å². The minimum Gasteiger partial charge on any atom is -0.497 e. The number of nitrogens with zero attached hydrogens (tertiary/aromatic N) is 2. The van der Waals surface area contributed by atoms with Crippen molar-refractivity contribution < 1.29 is 4.74 Å². The Morgan fingerprint density at radius 3 is 2.95 bits per heavy atom. The standard InChI is InChI=1S/C15H16N4OS/c1-16-15-18-13(12-6-7-21-14(12)19-15)17-9-10-4-3-5-11(8-10)20-2/h3-8H,9H2,1-2H3,(H2,16,17,18,19). The molecule has 2 aromatic heterocycles. The summed E-state index contributed by atoms with van der Waals surface area (Å²) in [6.07, 6.45) is 0. The molecule has 0 atom stereocenters. The summed E-state index contributed by atoms with van der Waals surface area (Å²) in [6.45, 7) is 0.683. The van der Waals surface area contributed by atoms with E-state index in [-0.39, 0.29) is 0 Å². The van der Waals surface area contributed by atoms with E-state index in [1.165, 1.54) is 0 Å². The van der Waals surface area contributed by atoms with Crippen LogP contribution in [0.4, 0.5) is 11.8 Å². The molecule has 0 fully saturated rings. The Balaban J connectivity index is 1.85. The molecule has 108 valence electrons. The van der Waals surface area contributed by atoms with Crippen LogP contribution in [-0.4, -0.2) is 24.1 Å². The van der Waals surface area contributed by atoms with Crippen molar-refractivity contribution in [3.63, 3.8) is 0 Å². The predicted octanol–water partition coefficient (Wildman–Crippen LogP) is 3.35. The zero-order valence-electron chi connectivity index (χ0n) is 11.9. The molecule has 2 heterocycles. The van der Waals surface area contributed by atoms with Gasteiger partial charge in [0.05, 0.1) is 12.5 Å². The molecule has 0 aliphatic heterocycles. The highest BCUT2D eigenvalue weighted by Crippen LogP contribution is 2.26. The molecule has 0 radical (unpaired) electrons. The van der Waals surface area contributed by atoms with Crippen LogP contribution in [0.3, 0.4) is 0 Å². The summed E-state index contributed by atoms with van der Waals surface area (Å²) in [7, 11) is 3.49. The van der Waals surface area contributed by atoms with Gasteiger partial charge in [0.2, 0.25) is 5.95 Å². The van der Waals surface area contributed by atoms with Crippen LogP contribution in [0.15, 0.2) is 35.7 Å². The van der Waals surface area contributed by atoms with Gasteiger partial charge in [-0.1, -0.05) is 12.1 Å². The van der Waals surface area contributed by atoms with Gasteiger partial charge in [-0.3, -0.25) is 0 Å². The molecule has 0 amide bonds. The largest absolute Gasteiger partial charge is 0.497 e. The van der Waals surface area contributed by atoms with Crippen LogP contribution in [0.5, 0.6) is 5.75 Å². The van der Waals surface area contributed by atoms with E-state index in [0.717, 1.165) is 27.3 Å². The van der Waals surface area contributed by atoms with Gasteiger partial charge in [0.1, 0.15) is 16.4 Å². The number of anilines is 2. The number of hydrogen-bond acceptors (Lipinski definition) is 6. The number of aromatic nitrogens is 2. The van der Waals surface area contributed by atoms with Crippen LogP contribution in [0, 0.1) is 0 Å². The zero-order chi connectivity index (χ0) is 14.7. The summed E-state index contributed by atoms with van der Waals surface area (Å²) in [5, 5.41) is 9.43. The minimum absolute atomic E-state index is 0.623. The highest BCUT2D eigenvalue weighted by Gasteiger charge is 2.08.